The van der Waals surface area contributed by atoms with Gasteiger partial charge in [0.15, 0.2) is 0 Å². The van der Waals surface area contributed by atoms with E-state index in [1.165, 1.54) is 0 Å². The molecule has 0 rings (SSSR count). The van der Waals surface area contributed by atoms with E-state index in [2.05, 4.69) is 0 Å². The molecule has 0 aromatic rings. The van der Waals surface area contributed by atoms with Gasteiger partial charge in [0.2, 0.25) is 0 Å². The van der Waals surface area contributed by atoms with Crippen LogP contribution in [0.3, 0.4) is 0 Å². The first-order valence-corrected chi connectivity index (χ1v) is 5.34. The molecule has 62 valence electrons. The van der Waals surface area contributed by atoms with Crippen molar-refractivity contribution in [1.82, 2.24) is 0 Å². The molecule has 0 amide bonds. The van der Waals surface area contributed by atoms with Crippen LogP contribution in [0.4, 0.5) is 0 Å². The lowest BCUT2D eigenvalue weighted by molar-refractivity contribution is 0.216. The summed E-state index contributed by atoms with van der Waals surface area (Å²) in [4.78, 5) is 0. The van der Waals surface area contributed by atoms with Crippen molar-refractivity contribution >= 4 is 20.4 Å². The van der Waals surface area contributed by atoms with Crippen molar-refractivity contribution in [3.05, 3.63) is 0 Å². The van der Waals surface area contributed by atoms with Gasteiger partial charge < -0.3 is 13.6 Å². The minimum atomic E-state index is -1.08. The number of hydrogen-bond acceptors (Lipinski definition) is 4. The van der Waals surface area contributed by atoms with Crippen molar-refractivity contribution < 1.29 is 13.6 Å². The maximum atomic E-state index is 5.18. The maximum absolute atomic E-state index is 5.18. The van der Waals surface area contributed by atoms with Crippen LogP contribution in [0.1, 0.15) is 0 Å². The highest BCUT2D eigenvalue weighted by atomic mass is 32.2. The maximum Gasteiger partial charge on any atom is 0.332 e. The van der Waals surface area contributed by atoms with Gasteiger partial charge >= 0.3 is 8.60 Å². The van der Waals surface area contributed by atoms with Crippen LogP contribution in [0.25, 0.3) is 0 Å². The summed E-state index contributed by atoms with van der Waals surface area (Å²) < 4.78 is 14.9. The number of thioether (sulfide) groups is 1. The smallest absolute Gasteiger partial charge is 0.316 e. The summed E-state index contributed by atoms with van der Waals surface area (Å²) in [7, 11) is 2.07. The van der Waals surface area contributed by atoms with Crippen LogP contribution in [0.2, 0.25) is 0 Å². The molecule has 0 spiro atoms. The van der Waals surface area contributed by atoms with E-state index in [9.17, 15) is 0 Å². The summed E-state index contributed by atoms with van der Waals surface area (Å²) in [6, 6.07) is 0. The minimum Gasteiger partial charge on any atom is -0.316 e. The number of hydrogen-bond donors (Lipinski definition) is 0. The van der Waals surface area contributed by atoms with Gasteiger partial charge in [-0.25, -0.2) is 0 Å². The Morgan fingerprint density at radius 1 is 1.30 bits per heavy atom. The van der Waals surface area contributed by atoms with E-state index in [0.717, 1.165) is 5.75 Å². The lowest BCUT2D eigenvalue weighted by atomic mass is 10.9. The summed E-state index contributed by atoms with van der Waals surface area (Å²) in [6.07, 6.45) is 2.03. The molecule has 0 radical (unpaired) electrons. The molecule has 0 aromatic heterocycles. The van der Waals surface area contributed by atoms with Crippen LogP contribution in [0, 0.1) is 0 Å². The average Bonchev–Trinajstić information content (AvgIpc) is 1.99. The van der Waals surface area contributed by atoms with Gasteiger partial charge in [-0.2, -0.15) is 11.8 Å². The number of rotatable bonds is 6. The Balaban J connectivity index is 3.09. The molecular formula is C5H13O3PS. The van der Waals surface area contributed by atoms with Gasteiger partial charge in [0.1, 0.15) is 0 Å². The molecule has 3 nitrogen and oxygen atoms in total. The molecule has 0 heterocycles. The molecule has 0 aliphatic carbocycles. The third-order valence-corrected chi connectivity index (χ3v) is 2.35. The van der Waals surface area contributed by atoms with Gasteiger partial charge in [-0.15, -0.1) is 0 Å². The van der Waals surface area contributed by atoms with Crippen molar-refractivity contribution in [2.75, 3.05) is 32.8 Å². The van der Waals surface area contributed by atoms with E-state index in [1.54, 1.807) is 26.0 Å². The SMILES string of the molecule is COP(OC)OCCSC. The Morgan fingerprint density at radius 2 is 1.90 bits per heavy atom. The van der Waals surface area contributed by atoms with Crippen molar-refractivity contribution in [2.45, 2.75) is 0 Å². The summed E-state index contributed by atoms with van der Waals surface area (Å²) in [5.74, 6) is 0.978. The van der Waals surface area contributed by atoms with E-state index >= 15 is 0 Å². The van der Waals surface area contributed by atoms with Gasteiger partial charge in [-0.1, -0.05) is 0 Å². The normalized spacial score (nSPS) is 10.8. The fourth-order valence-electron chi connectivity index (χ4n) is 0.375. The third-order valence-electron chi connectivity index (χ3n) is 0.782. The van der Waals surface area contributed by atoms with Crippen molar-refractivity contribution in [2.24, 2.45) is 0 Å². The van der Waals surface area contributed by atoms with Crippen LogP contribution < -0.4 is 0 Å². The molecule has 0 N–H and O–H groups in total. The molecule has 0 unspecified atom stereocenters. The Bertz CT molecular complexity index is 69.9. The van der Waals surface area contributed by atoms with Crippen molar-refractivity contribution in [1.29, 1.82) is 0 Å². The Kier molecular flexibility index (Phi) is 8.28. The molecule has 0 bridgehead atoms. The van der Waals surface area contributed by atoms with E-state index in [4.69, 9.17) is 13.6 Å². The second-order valence-corrected chi connectivity index (χ2v) is 3.84. The van der Waals surface area contributed by atoms with Gasteiger partial charge in [-0.05, 0) is 6.26 Å². The molecule has 10 heavy (non-hydrogen) atoms. The average molecular weight is 184 g/mol. The van der Waals surface area contributed by atoms with Crippen molar-refractivity contribution in [3.8, 4) is 0 Å². The fraction of sp³-hybridized carbons (Fsp3) is 1.00. The second-order valence-electron chi connectivity index (χ2n) is 1.41. The molecule has 5 heteroatoms. The standard InChI is InChI=1S/C5H13O3PS/c1-6-9(7-2)8-4-5-10-3/h4-5H2,1-3H3. The molecule has 0 aromatic carbocycles. The molecule has 0 aliphatic rings. The fourth-order valence-corrected chi connectivity index (χ4v) is 1.35. The first kappa shape index (κ1) is 10.7. The zero-order valence-electron chi connectivity index (χ0n) is 6.49. The van der Waals surface area contributed by atoms with Gasteiger partial charge in [0.05, 0.1) is 6.61 Å². The predicted molar refractivity (Wildman–Crippen MR) is 45.3 cm³/mol. The monoisotopic (exact) mass is 184 g/mol. The van der Waals surface area contributed by atoms with Crippen molar-refractivity contribution in [3.63, 3.8) is 0 Å². The molecular weight excluding hydrogens is 171 g/mol. The van der Waals surface area contributed by atoms with Gasteiger partial charge in [0, 0.05) is 20.0 Å². The minimum absolute atomic E-state index is 0.689. The lowest BCUT2D eigenvalue weighted by Gasteiger charge is -2.10. The second kappa shape index (κ2) is 7.76. The van der Waals surface area contributed by atoms with Crippen LogP contribution in [-0.2, 0) is 13.6 Å². The summed E-state index contributed by atoms with van der Waals surface area (Å²) in [5.41, 5.74) is 0. The topological polar surface area (TPSA) is 27.7 Å². The highest BCUT2D eigenvalue weighted by Crippen LogP contribution is 2.36. The summed E-state index contributed by atoms with van der Waals surface area (Å²) >= 11 is 1.74. The zero-order valence-corrected chi connectivity index (χ0v) is 8.21. The Labute approximate surface area is 67.4 Å². The Hall–Kier alpha value is 0.660. The highest BCUT2D eigenvalue weighted by molar-refractivity contribution is 7.98. The van der Waals surface area contributed by atoms with E-state index in [1.807, 2.05) is 6.26 Å². The summed E-state index contributed by atoms with van der Waals surface area (Å²) in [5, 5.41) is 0. The first-order valence-electron chi connectivity index (χ1n) is 2.85. The Morgan fingerprint density at radius 3 is 2.30 bits per heavy atom. The van der Waals surface area contributed by atoms with Gasteiger partial charge in [0.25, 0.3) is 0 Å². The predicted octanol–water partition coefficient (Wildman–Crippen LogP) is 1.89. The molecule has 0 atom stereocenters. The first-order chi connectivity index (χ1) is 4.85. The van der Waals surface area contributed by atoms with E-state index < -0.39 is 8.60 Å². The summed E-state index contributed by atoms with van der Waals surface area (Å²) in [6.45, 7) is 0.689. The highest BCUT2D eigenvalue weighted by Gasteiger charge is 2.05. The van der Waals surface area contributed by atoms with Gasteiger partial charge in [-0.3, -0.25) is 0 Å². The quantitative estimate of drug-likeness (QED) is 0.465. The third kappa shape index (κ3) is 5.45. The van der Waals surface area contributed by atoms with Crippen LogP contribution in [-0.4, -0.2) is 32.8 Å². The zero-order chi connectivity index (χ0) is 7.82. The lowest BCUT2D eigenvalue weighted by Crippen LogP contribution is -1.94. The van der Waals surface area contributed by atoms with Crippen LogP contribution >= 0.6 is 20.4 Å². The molecule has 0 aliphatic heterocycles. The molecule has 0 saturated heterocycles. The molecule has 0 saturated carbocycles. The van der Waals surface area contributed by atoms with Crippen LogP contribution in [0.15, 0.2) is 0 Å². The largest absolute Gasteiger partial charge is 0.332 e. The van der Waals surface area contributed by atoms with E-state index in [-0.39, 0.29) is 0 Å². The van der Waals surface area contributed by atoms with E-state index in [0.29, 0.717) is 6.61 Å². The van der Waals surface area contributed by atoms with Crippen LogP contribution in [0.5, 0.6) is 0 Å². The molecule has 0 fully saturated rings.